The van der Waals surface area contributed by atoms with E-state index in [0.717, 1.165) is 44.1 Å². The average molecular weight is 307 g/mol. The highest BCUT2D eigenvalue weighted by atomic mass is 16.5. The summed E-state index contributed by atoms with van der Waals surface area (Å²) in [4.78, 5) is 7.06. The van der Waals surface area contributed by atoms with E-state index in [9.17, 15) is 0 Å². The van der Waals surface area contributed by atoms with Crippen molar-refractivity contribution in [3.05, 3.63) is 18.0 Å². The fourth-order valence-corrected chi connectivity index (χ4v) is 2.50. The van der Waals surface area contributed by atoms with Crippen LogP contribution in [-0.2, 0) is 11.8 Å². The maximum absolute atomic E-state index is 5.90. The van der Waals surface area contributed by atoms with Crippen molar-refractivity contribution in [2.24, 2.45) is 18.0 Å². The zero-order chi connectivity index (χ0) is 15.9. The first-order valence-electron chi connectivity index (χ1n) is 8.23. The van der Waals surface area contributed by atoms with E-state index in [4.69, 9.17) is 9.73 Å². The molecule has 2 heterocycles. The van der Waals surface area contributed by atoms with E-state index in [1.807, 2.05) is 24.1 Å². The molecule has 1 fully saturated rings. The minimum atomic E-state index is 0.0661. The Hall–Kier alpha value is -1.56. The zero-order valence-corrected chi connectivity index (χ0v) is 14.2. The number of nitrogens with one attached hydrogen (secondary N) is 1. The number of aliphatic imine (C=N–C) groups is 1. The molecule has 22 heavy (non-hydrogen) atoms. The molecule has 0 saturated carbocycles. The highest BCUT2D eigenvalue weighted by molar-refractivity contribution is 5.80. The normalized spacial score (nSPS) is 19.8. The minimum absolute atomic E-state index is 0.0661. The van der Waals surface area contributed by atoms with Crippen LogP contribution in [0.15, 0.2) is 17.4 Å². The van der Waals surface area contributed by atoms with Gasteiger partial charge < -0.3 is 15.0 Å². The molecule has 1 aromatic heterocycles. The van der Waals surface area contributed by atoms with Gasteiger partial charge in [-0.05, 0) is 19.3 Å². The number of ether oxygens (including phenoxy) is 1. The first-order chi connectivity index (χ1) is 10.6. The summed E-state index contributed by atoms with van der Waals surface area (Å²) in [5.41, 5.74) is 1.13. The molecule has 1 N–H and O–H groups in total. The average Bonchev–Trinajstić information content (AvgIpc) is 2.93. The van der Waals surface area contributed by atoms with Crippen LogP contribution < -0.4 is 5.32 Å². The molecule has 124 valence electrons. The lowest BCUT2D eigenvalue weighted by atomic mass is 10.1. The maximum atomic E-state index is 5.90. The number of aromatic nitrogens is 2. The third kappa shape index (κ3) is 4.73. The SMILES string of the molecule is CCNC(=NCCC(C)C)N1CCOC(c2cnn(C)c2)C1. The number of hydrogen-bond donors (Lipinski definition) is 1. The predicted molar refractivity (Wildman–Crippen MR) is 88.9 cm³/mol. The van der Waals surface area contributed by atoms with Gasteiger partial charge in [-0.15, -0.1) is 0 Å². The molecule has 1 aromatic rings. The molecular formula is C16H29N5O. The molecule has 1 aliphatic rings. The van der Waals surface area contributed by atoms with Crippen LogP contribution in [0.2, 0.25) is 0 Å². The van der Waals surface area contributed by atoms with Gasteiger partial charge in [-0.1, -0.05) is 13.8 Å². The number of rotatable bonds is 5. The van der Waals surface area contributed by atoms with E-state index in [0.29, 0.717) is 12.5 Å². The number of aryl methyl sites for hydroxylation is 1. The largest absolute Gasteiger partial charge is 0.370 e. The Morgan fingerprint density at radius 2 is 2.36 bits per heavy atom. The Bertz CT molecular complexity index is 483. The summed E-state index contributed by atoms with van der Waals surface area (Å²) in [7, 11) is 1.93. The molecule has 0 amide bonds. The summed E-state index contributed by atoms with van der Waals surface area (Å²) in [6, 6.07) is 0. The van der Waals surface area contributed by atoms with Crippen molar-refractivity contribution in [2.75, 3.05) is 32.8 Å². The summed E-state index contributed by atoms with van der Waals surface area (Å²) >= 11 is 0. The third-order valence-electron chi connectivity index (χ3n) is 3.77. The molecule has 6 heteroatoms. The second kappa shape index (κ2) is 8.17. The smallest absolute Gasteiger partial charge is 0.194 e. The lowest BCUT2D eigenvalue weighted by Gasteiger charge is -2.34. The fraction of sp³-hybridized carbons (Fsp3) is 0.750. The van der Waals surface area contributed by atoms with Gasteiger partial charge in [0.05, 0.1) is 19.3 Å². The summed E-state index contributed by atoms with van der Waals surface area (Å²) in [6.07, 6.45) is 5.09. The van der Waals surface area contributed by atoms with Crippen molar-refractivity contribution in [1.29, 1.82) is 0 Å². The van der Waals surface area contributed by atoms with Gasteiger partial charge in [0.15, 0.2) is 5.96 Å². The first kappa shape index (κ1) is 16.8. The van der Waals surface area contributed by atoms with Crippen LogP contribution >= 0.6 is 0 Å². The molecule has 0 radical (unpaired) electrons. The summed E-state index contributed by atoms with van der Waals surface area (Å²) in [6.45, 7) is 10.7. The Morgan fingerprint density at radius 3 is 3.00 bits per heavy atom. The van der Waals surface area contributed by atoms with Crippen LogP contribution in [0.1, 0.15) is 38.9 Å². The van der Waals surface area contributed by atoms with Crippen molar-refractivity contribution < 1.29 is 4.74 Å². The maximum Gasteiger partial charge on any atom is 0.194 e. The van der Waals surface area contributed by atoms with Crippen molar-refractivity contribution in [1.82, 2.24) is 20.0 Å². The molecule has 1 atom stereocenters. The Morgan fingerprint density at radius 1 is 1.55 bits per heavy atom. The second-order valence-electron chi connectivity index (χ2n) is 6.17. The van der Waals surface area contributed by atoms with Crippen molar-refractivity contribution in [3.63, 3.8) is 0 Å². The van der Waals surface area contributed by atoms with Gasteiger partial charge in [-0.3, -0.25) is 9.67 Å². The molecule has 0 spiro atoms. The topological polar surface area (TPSA) is 54.7 Å². The quantitative estimate of drug-likeness (QED) is 0.666. The summed E-state index contributed by atoms with van der Waals surface area (Å²) in [5.74, 6) is 1.68. The van der Waals surface area contributed by atoms with Crippen molar-refractivity contribution in [2.45, 2.75) is 33.3 Å². The molecule has 6 nitrogen and oxygen atoms in total. The van der Waals surface area contributed by atoms with Crippen LogP contribution in [0.3, 0.4) is 0 Å². The number of morpholine rings is 1. The first-order valence-corrected chi connectivity index (χ1v) is 8.23. The highest BCUT2D eigenvalue weighted by Gasteiger charge is 2.25. The Labute approximate surface area is 133 Å². The third-order valence-corrected chi connectivity index (χ3v) is 3.77. The van der Waals surface area contributed by atoms with Crippen molar-refractivity contribution in [3.8, 4) is 0 Å². The number of guanidine groups is 1. The van der Waals surface area contributed by atoms with Crippen molar-refractivity contribution >= 4 is 5.96 Å². The Kier molecular flexibility index (Phi) is 6.24. The highest BCUT2D eigenvalue weighted by Crippen LogP contribution is 2.21. The fourth-order valence-electron chi connectivity index (χ4n) is 2.50. The van der Waals surface area contributed by atoms with E-state index in [1.165, 1.54) is 0 Å². The lowest BCUT2D eigenvalue weighted by molar-refractivity contribution is -0.00804. The predicted octanol–water partition coefficient (Wildman–Crippen LogP) is 1.80. The van der Waals surface area contributed by atoms with Crippen LogP contribution in [0, 0.1) is 5.92 Å². The minimum Gasteiger partial charge on any atom is -0.370 e. The molecule has 1 saturated heterocycles. The molecule has 1 aliphatic heterocycles. The lowest BCUT2D eigenvalue weighted by Crippen LogP contribution is -2.48. The summed E-state index contributed by atoms with van der Waals surface area (Å²) < 4.78 is 7.72. The van der Waals surface area contributed by atoms with E-state index in [1.54, 1.807) is 0 Å². The van der Waals surface area contributed by atoms with E-state index >= 15 is 0 Å². The van der Waals surface area contributed by atoms with E-state index in [2.05, 4.69) is 36.1 Å². The van der Waals surface area contributed by atoms with Gasteiger partial charge in [0, 0.05) is 38.4 Å². The second-order valence-corrected chi connectivity index (χ2v) is 6.17. The number of hydrogen-bond acceptors (Lipinski definition) is 3. The molecule has 0 aromatic carbocycles. The standard InChI is InChI=1S/C16H29N5O/c1-5-17-16(18-7-6-13(2)3)21-8-9-22-15(12-21)14-10-19-20(4)11-14/h10-11,13,15H,5-9,12H2,1-4H3,(H,17,18). The zero-order valence-electron chi connectivity index (χ0n) is 14.2. The van der Waals surface area contributed by atoms with E-state index < -0.39 is 0 Å². The van der Waals surface area contributed by atoms with Gasteiger partial charge in [0.1, 0.15) is 6.10 Å². The number of nitrogens with zero attached hydrogens (tertiary/aromatic N) is 4. The molecule has 0 bridgehead atoms. The van der Waals surface area contributed by atoms with Crippen LogP contribution in [0.25, 0.3) is 0 Å². The summed E-state index contributed by atoms with van der Waals surface area (Å²) in [5, 5.41) is 7.64. The molecule has 2 rings (SSSR count). The van der Waals surface area contributed by atoms with Gasteiger partial charge >= 0.3 is 0 Å². The monoisotopic (exact) mass is 307 g/mol. The van der Waals surface area contributed by atoms with Gasteiger partial charge in [-0.2, -0.15) is 5.10 Å². The molecular weight excluding hydrogens is 278 g/mol. The molecule has 1 unspecified atom stereocenters. The van der Waals surface area contributed by atoms with Gasteiger partial charge in [0.2, 0.25) is 0 Å². The van der Waals surface area contributed by atoms with Crippen LogP contribution in [0.4, 0.5) is 0 Å². The molecule has 0 aliphatic carbocycles. The Balaban J connectivity index is 2.01. The van der Waals surface area contributed by atoms with E-state index in [-0.39, 0.29) is 6.10 Å². The van der Waals surface area contributed by atoms with Gasteiger partial charge in [-0.25, -0.2) is 0 Å². The van der Waals surface area contributed by atoms with Crippen LogP contribution in [0.5, 0.6) is 0 Å². The van der Waals surface area contributed by atoms with Crippen LogP contribution in [-0.4, -0.2) is 53.4 Å². The van der Waals surface area contributed by atoms with Gasteiger partial charge in [0.25, 0.3) is 0 Å².